The number of carbonyl (C=O) groups excluding carboxylic acids is 3. The zero-order chi connectivity index (χ0) is 23.7. The number of hydrogen-bond acceptors (Lipinski definition) is 5. The molecule has 8 nitrogen and oxygen atoms in total. The zero-order valence-electron chi connectivity index (χ0n) is 17.8. The summed E-state index contributed by atoms with van der Waals surface area (Å²) in [5.74, 6) is -0.699. The summed E-state index contributed by atoms with van der Waals surface area (Å²) in [4.78, 5) is 41.9. The van der Waals surface area contributed by atoms with Gasteiger partial charge in [-0.25, -0.2) is 9.69 Å². The van der Waals surface area contributed by atoms with Gasteiger partial charge in [0.2, 0.25) is 5.91 Å². The topological polar surface area (TPSA) is 85.0 Å². The average molecular weight is 476 g/mol. The lowest BCUT2D eigenvalue weighted by Gasteiger charge is -2.35. The molecular formula is C20H25ClF3N5O3. The summed E-state index contributed by atoms with van der Waals surface area (Å²) in [6.45, 7) is 5.80. The quantitative estimate of drug-likeness (QED) is 0.618. The third-order valence-electron chi connectivity index (χ3n) is 5.78. The van der Waals surface area contributed by atoms with Crippen LogP contribution in [0.25, 0.3) is 0 Å². The summed E-state index contributed by atoms with van der Waals surface area (Å²) in [6, 6.07) is 2.80. The molecule has 32 heavy (non-hydrogen) atoms. The molecule has 2 heterocycles. The van der Waals surface area contributed by atoms with Crippen LogP contribution in [0.5, 0.6) is 0 Å². The lowest BCUT2D eigenvalue weighted by Crippen LogP contribution is -2.52. The fraction of sp³-hybridized carbons (Fsp3) is 0.550. The number of benzene rings is 1. The van der Waals surface area contributed by atoms with Gasteiger partial charge in [0.05, 0.1) is 23.8 Å². The molecule has 0 unspecified atom stereocenters. The summed E-state index contributed by atoms with van der Waals surface area (Å²) in [5.41, 5.74) is -1.88. The number of alkyl halides is 3. The second-order valence-electron chi connectivity index (χ2n) is 8.13. The second-order valence-corrected chi connectivity index (χ2v) is 8.53. The average Bonchev–Trinajstić information content (AvgIpc) is 2.93. The van der Waals surface area contributed by atoms with Crippen LogP contribution >= 0.6 is 11.6 Å². The van der Waals surface area contributed by atoms with Gasteiger partial charge in [0, 0.05) is 31.9 Å². The van der Waals surface area contributed by atoms with E-state index in [0.717, 1.165) is 12.1 Å². The lowest BCUT2D eigenvalue weighted by molar-refractivity contribution is -0.137. The molecule has 1 atom stereocenters. The first-order valence-corrected chi connectivity index (χ1v) is 10.6. The Bertz CT molecular complexity index is 905. The number of urea groups is 1. The zero-order valence-corrected chi connectivity index (χ0v) is 18.5. The van der Waals surface area contributed by atoms with Crippen LogP contribution in [0.1, 0.15) is 25.8 Å². The Labute approximate surface area is 188 Å². The van der Waals surface area contributed by atoms with Crippen molar-refractivity contribution in [3.8, 4) is 0 Å². The molecule has 2 N–H and O–H groups in total. The molecule has 12 heteroatoms. The Balaban J connectivity index is 1.49. The van der Waals surface area contributed by atoms with Crippen molar-refractivity contribution < 1.29 is 27.6 Å². The highest BCUT2D eigenvalue weighted by Gasteiger charge is 2.47. The van der Waals surface area contributed by atoms with Gasteiger partial charge < -0.3 is 10.6 Å². The van der Waals surface area contributed by atoms with Crippen molar-refractivity contribution in [2.24, 2.45) is 0 Å². The maximum Gasteiger partial charge on any atom is 0.417 e. The van der Waals surface area contributed by atoms with Crippen LogP contribution in [0.15, 0.2) is 18.2 Å². The van der Waals surface area contributed by atoms with Gasteiger partial charge in [-0.15, -0.1) is 0 Å². The van der Waals surface area contributed by atoms with Crippen LogP contribution in [0.4, 0.5) is 23.7 Å². The van der Waals surface area contributed by atoms with Gasteiger partial charge >= 0.3 is 12.2 Å². The van der Waals surface area contributed by atoms with Gasteiger partial charge in [-0.1, -0.05) is 18.5 Å². The minimum absolute atomic E-state index is 0.00878. The van der Waals surface area contributed by atoms with Gasteiger partial charge in [0.15, 0.2) is 0 Å². The van der Waals surface area contributed by atoms with Crippen LogP contribution in [-0.4, -0.2) is 77.5 Å². The van der Waals surface area contributed by atoms with Crippen LogP contribution in [0.2, 0.25) is 5.02 Å². The number of piperazine rings is 1. The summed E-state index contributed by atoms with van der Waals surface area (Å²) in [6.07, 6.45) is -4.12. The molecule has 0 saturated carbocycles. The predicted octanol–water partition coefficient (Wildman–Crippen LogP) is 2.59. The largest absolute Gasteiger partial charge is 0.417 e. The Morgan fingerprint density at radius 1 is 1.19 bits per heavy atom. The maximum absolute atomic E-state index is 13.0. The number of amides is 4. The molecule has 1 aromatic carbocycles. The van der Waals surface area contributed by atoms with E-state index >= 15 is 0 Å². The summed E-state index contributed by atoms with van der Waals surface area (Å²) < 4.78 is 38.9. The van der Waals surface area contributed by atoms with Crippen molar-refractivity contribution in [3.63, 3.8) is 0 Å². The number of nitrogens with zero attached hydrogens (tertiary/aromatic N) is 3. The Morgan fingerprint density at radius 3 is 2.38 bits per heavy atom. The standard InChI is InChI=1S/C20H25ClF3N5O3/c1-3-19(2)17(31)29(18(32)26-19)12-28-8-6-27(7-9-28)11-16(30)25-13-4-5-15(21)14(10-13)20(22,23)24/h4-5,10H,3,6-9,11-12H2,1-2H3,(H,25,30)(H,26,32)/t19-/m0/s1. The molecule has 0 aliphatic carbocycles. The van der Waals surface area contributed by atoms with Gasteiger partial charge in [-0.3, -0.25) is 19.4 Å². The fourth-order valence-corrected chi connectivity index (χ4v) is 3.85. The number of carbonyl (C=O) groups is 3. The minimum Gasteiger partial charge on any atom is -0.325 e. The van der Waals surface area contributed by atoms with E-state index in [-0.39, 0.29) is 24.8 Å². The summed E-state index contributed by atoms with van der Waals surface area (Å²) in [7, 11) is 0. The molecule has 3 rings (SSSR count). The number of nitrogens with one attached hydrogen (secondary N) is 2. The molecule has 176 valence electrons. The summed E-state index contributed by atoms with van der Waals surface area (Å²) in [5, 5.41) is 4.75. The summed E-state index contributed by atoms with van der Waals surface area (Å²) >= 11 is 5.59. The van der Waals surface area contributed by atoms with Crippen molar-refractivity contribution in [1.29, 1.82) is 0 Å². The van der Waals surface area contributed by atoms with E-state index in [1.165, 1.54) is 11.0 Å². The van der Waals surface area contributed by atoms with E-state index in [4.69, 9.17) is 11.6 Å². The van der Waals surface area contributed by atoms with E-state index in [0.29, 0.717) is 32.6 Å². The molecule has 1 aromatic rings. The Morgan fingerprint density at radius 2 is 1.81 bits per heavy atom. The van der Waals surface area contributed by atoms with E-state index in [1.807, 2.05) is 16.7 Å². The van der Waals surface area contributed by atoms with Gasteiger partial charge in [0.25, 0.3) is 5.91 Å². The molecule has 4 amide bonds. The molecule has 2 aliphatic rings. The number of anilines is 1. The molecule has 2 fully saturated rings. The first-order valence-electron chi connectivity index (χ1n) is 10.2. The van der Waals surface area contributed by atoms with Gasteiger partial charge in [0.1, 0.15) is 5.54 Å². The minimum atomic E-state index is -4.61. The predicted molar refractivity (Wildman–Crippen MR) is 112 cm³/mol. The van der Waals surface area contributed by atoms with E-state index in [1.54, 1.807) is 6.92 Å². The van der Waals surface area contributed by atoms with Crippen LogP contribution in [0.3, 0.4) is 0 Å². The maximum atomic E-state index is 13.0. The fourth-order valence-electron chi connectivity index (χ4n) is 3.63. The SMILES string of the molecule is CC[C@]1(C)NC(=O)N(CN2CCN(CC(=O)Nc3ccc(Cl)c(C(F)(F)F)c3)CC2)C1=O. The molecule has 0 radical (unpaired) electrons. The van der Waals surface area contributed by atoms with Gasteiger partial charge in [-0.2, -0.15) is 13.2 Å². The van der Waals surface area contributed by atoms with Crippen molar-refractivity contribution in [3.05, 3.63) is 28.8 Å². The number of imide groups is 1. The van der Waals surface area contributed by atoms with Crippen LogP contribution in [-0.2, 0) is 15.8 Å². The van der Waals surface area contributed by atoms with E-state index in [9.17, 15) is 27.6 Å². The number of rotatable bonds is 6. The highest BCUT2D eigenvalue weighted by atomic mass is 35.5. The lowest BCUT2D eigenvalue weighted by atomic mass is 10.00. The van der Waals surface area contributed by atoms with E-state index < -0.39 is 34.2 Å². The molecule has 2 aliphatic heterocycles. The van der Waals surface area contributed by atoms with Crippen molar-refractivity contribution >= 4 is 35.1 Å². The normalized spacial score (nSPS) is 22.9. The van der Waals surface area contributed by atoms with Gasteiger partial charge in [-0.05, 0) is 31.5 Å². The second kappa shape index (κ2) is 9.24. The molecule has 0 bridgehead atoms. The third-order valence-corrected chi connectivity index (χ3v) is 6.11. The highest BCUT2D eigenvalue weighted by Crippen LogP contribution is 2.36. The van der Waals surface area contributed by atoms with Crippen LogP contribution < -0.4 is 10.6 Å². The molecular weight excluding hydrogens is 451 g/mol. The van der Waals surface area contributed by atoms with E-state index in [2.05, 4.69) is 10.6 Å². The first kappa shape index (κ1) is 24.3. The first-order chi connectivity index (χ1) is 14.9. The monoisotopic (exact) mass is 475 g/mol. The van der Waals surface area contributed by atoms with Crippen molar-refractivity contribution in [1.82, 2.24) is 20.0 Å². The third kappa shape index (κ3) is 5.33. The highest BCUT2D eigenvalue weighted by molar-refractivity contribution is 6.31. The van der Waals surface area contributed by atoms with Crippen LogP contribution in [0, 0.1) is 0 Å². The Kier molecular flexibility index (Phi) is 7.01. The molecule has 2 saturated heterocycles. The van der Waals surface area contributed by atoms with Crippen molar-refractivity contribution in [2.45, 2.75) is 32.0 Å². The smallest absolute Gasteiger partial charge is 0.325 e. The Hall–Kier alpha value is -2.37. The number of hydrogen-bond donors (Lipinski definition) is 2. The van der Waals surface area contributed by atoms with Crippen molar-refractivity contribution in [2.75, 3.05) is 44.7 Å². The molecule has 0 aromatic heterocycles. The number of halogens is 4. The molecule has 0 spiro atoms.